The maximum absolute atomic E-state index is 9.86. The number of alkyl halides is 1. The number of fused-ring (bicyclic) bond motifs is 1. The summed E-state index contributed by atoms with van der Waals surface area (Å²) in [6, 6.07) is 5.23. The summed E-state index contributed by atoms with van der Waals surface area (Å²) in [5.74, 6) is -0.0256. The molecular weight excluding hydrogens is 374 g/mol. The molecule has 0 bridgehead atoms. The second-order valence-corrected chi connectivity index (χ2v) is 5.03. The molecule has 3 nitrogen and oxygen atoms in total. The van der Waals surface area contributed by atoms with Gasteiger partial charge >= 0.3 is 0 Å². The molecule has 2 N–H and O–H groups in total. The predicted octanol–water partition coefficient (Wildman–Crippen LogP) is 3.73. The van der Waals surface area contributed by atoms with Crippen molar-refractivity contribution in [1.82, 2.24) is 10.3 Å². The Morgan fingerprint density at radius 3 is 2.76 bits per heavy atom. The topological polar surface area (TPSA) is 45.1 Å². The summed E-state index contributed by atoms with van der Waals surface area (Å²) < 4.78 is 0.833. The van der Waals surface area contributed by atoms with Crippen LogP contribution in [0.4, 0.5) is 0 Å². The number of pyridine rings is 1. The molecule has 0 atom stereocenters. The van der Waals surface area contributed by atoms with E-state index < -0.39 is 0 Å². The van der Waals surface area contributed by atoms with Crippen molar-refractivity contribution < 1.29 is 5.11 Å². The first-order chi connectivity index (χ1) is 8.13. The van der Waals surface area contributed by atoms with Gasteiger partial charge in [-0.15, -0.1) is 0 Å². The van der Waals surface area contributed by atoms with Gasteiger partial charge in [-0.3, -0.25) is 0 Å². The van der Waals surface area contributed by atoms with Crippen molar-refractivity contribution in [3.8, 4) is 5.75 Å². The summed E-state index contributed by atoms with van der Waals surface area (Å²) in [6.07, 6.45) is 0. The molecule has 0 unspecified atom stereocenters. The Morgan fingerprint density at radius 1 is 1.29 bits per heavy atom. The number of hydrogen-bond acceptors (Lipinski definition) is 3. The largest absolute Gasteiger partial charge is 0.504 e. The lowest BCUT2D eigenvalue weighted by atomic mass is 10.2. The van der Waals surface area contributed by atoms with Crippen LogP contribution in [0.15, 0.2) is 18.2 Å². The van der Waals surface area contributed by atoms with E-state index >= 15 is 0 Å². The highest BCUT2D eigenvalue weighted by molar-refractivity contribution is 14.1. The zero-order valence-corrected chi connectivity index (χ0v) is 12.3. The molecule has 2 rings (SSSR count). The number of nitrogens with one attached hydrogen (secondary N) is 1. The van der Waals surface area contributed by atoms with Crippen LogP contribution in [0.5, 0.6) is 5.75 Å². The number of halogens is 3. The number of aromatic hydroxyl groups is 1. The lowest BCUT2D eigenvalue weighted by Gasteiger charge is -2.07. The number of rotatable bonds is 3. The number of nitrogens with zero attached hydrogens (tertiary/aromatic N) is 1. The van der Waals surface area contributed by atoms with Crippen molar-refractivity contribution >= 4 is 56.7 Å². The van der Waals surface area contributed by atoms with Crippen molar-refractivity contribution in [2.75, 3.05) is 4.55 Å². The van der Waals surface area contributed by atoms with Gasteiger partial charge < -0.3 is 10.4 Å². The van der Waals surface area contributed by atoms with Crippen molar-refractivity contribution in [2.45, 2.75) is 6.54 Å². The smallest absolute Gasteiger partial charge is 0.160 e. The minimum atomic E-state index is -0.0256. The number of benzene rings is 1. The average Bonchev–Trinajstić information content (AvgIpc) is 2.33. The molecule has 0 saturated heterocycles. The van der Waals surface area contributed by atoms with E-state index in [1.807, 2.05) is 12.1 Å². The zero-order chi connectivity index (χ0) is 12.4. The van der Waals surface area contributed by atoms with Crippen LogP contribution in [-0.2, 0) is 6.54 Å². The Balaban J connectivity index is 2.55. The molecule has 0 aliphatic rings. The molecule has 17 heavy (non-hydrogen) atoms. The van der Waals surface area contributed by atoms with E-state index in [4.69, 9.17) is 23.2 Å². The SMILES string of the molecule is Oc1c(Cl)cc(Cl)c2ccc(CNCI)nc12. The van der Waals surface area contributed by atoms with Crippen LogP contribution in [0.2, 0.25) is 10.0 Å². The van der Waals surface area contributed by atoms with E-state index in [0.29, 0.717) is 22.5 Å². The fourth-order valence-electron chi connectivity index (χ4n) is 1.52. The van der Waals surface area contributed by atoms with Crippen LogP contribution in [0.1, 0.15) is 5.69 Å². The van der Waals surface area contributed by atoms with Crippen molar-refractivity contribution in [3.63, 3.8) is 0 Å². The molecule has 90 valence electrons. The van der Waals surface area contributed by atoms with Gasteiger partial charge in [0.2, 0.25) is 0 Å². The standard InChI is InChI=1S/C11H9Cl2IN2O/c12-8-3-9(13)11(17)10-7(8)2-1-6(16-10)4-15-5-14/h1-3,15,17H,4-5H2. The number of hydrogen-bond donors (Lipinski definition) is 2. The van der Waals surface area contributed by atoms with Crippen molar-refractivity contribution in [3.05, 3.63) is 33.9 Å². The van der Waals surface area contributed by atoms with Crippen LogP contribution in [0.25, 0.3) is 10.9 Å². The van der Waals surface area contributed by atoms with Gasteiger partial charge in [-0.2, -0.15) is 0 Å². The van der Waals surface area contributed by atoms with E-state index in [-0.39, 0.29) is 10.8 Å². The van der Waals surface area contributed by atoms with Crippen LogP contribution in [0, 0.1) is 0 Å². The molecule has 0 amide bonds. The maximum Gasteiger partial charge on any atom is 0.160 e. The van der Waals surface area contributed by atoms with Gasteiger partial charge in [0.25, 0.3) is 0 Å². The molecule has 0 saturated carbocycles. The molecule has 1 aromatic carbocycles. The average molecular weight is 383 g/mol. The molecule has 0 aliphatic heterocycles. The van der Waals surface area contributed by atoms with Crippen molar-refractivity contribution in [1.29, 1.82) is 0 Å². The van der Waals surface area contributed by atoms with E-state index in [9.17, 15) is 5.11 Å². The number of phenolic OH excluding ortho intramolecular Hbond substituents is 1. The summed E-state index contributed by atoms with van der Waals surface area (Å²) in [7, 11) is 0. The minimum Gasteiger partial charge on any atom is -0.504 e. The van der Waals surface area contributed by atoms with Gasteiger partial charge in [0.1, 0.15) is 5.52 Å². The molecule has 0 fully saturated rings. The van der Waals surface area contributed by atoms with Crippen LogP contribution < -0.4 is 5.32 Å². The van der Waals surface area contributed by atoms with Crippen LogP contribution >= 0.6 is 45.8 Å². The highest BCUT2D eigenvalue weighted by Crippen LogP contribution is 2.36. The molecular formula is C11H9Cl2IN2O. The Hall–Kier alpha value is -0.300. The Labute approximate surface area is 122 Å². The lowest BCUT2D eigenvalue weighted by Crippen LogP contribution is -2.10. The third-order valence-electron chi connectivity index (χ3n) is 2.31. The second kappa shape index (κ2) is 5.56. The summed E-state index contributed by atoms with van der Waals surface area (Å²) in [6.45, 7) is 0.641. The fourth-order valence-corrected chi connectivity index (χ4v) is 2.30. The quantitative estimate of drug-likeness (QED) is 0.483. The third-order valence-corrected chi connectivity index (χ3v) is 3.46. The second-order valence-electron chi connectivity index (χ2n) is 3.45. The van der Waals surface area contributed by atoms with E-state index in [0.717, 1.165) is 10.2 Å². The Bertz CT molecular complexity index is 563. The predicted molar refractivity (Wildman–Crippen MR) is 79.2 cm³/mol. The monoisotopic (exact) mass is 382 g/mol. The summed E-state index contributed by atoms with van der Waals surface area (Å²) in [4.78, 5) is 4.35. The van der Waals surface area contributed by atoms with Gasteiger partial charge in [-0.05, 0) is 18.2 Å². The molecule has 6 heteroatoms. The number of phenols is 1. The van der Waals surface area contributed by atoms with Gasteiger partial charge in [-0.1, -0.05) is 45.8 Å². The van der Waals surface area contributed by atoms with Gasteiger partial charge in [0, 0.05) is 16.5 Å². The first kappa shape index (κ1) is 13.1. The fraction of sp³-hybridized carbons (Fsp3) is 0.182. The molecule has 2 aromatic rings. The maximum atomic E-state index is 9.86. The van der Waals surface area contributed by atoms with Crippen LogP contribution in [-0.4, -0.2) is 14.6 Å². The first-order valence-corrected chi connectivity index (χ1v) is 7.15. The highest BCUT2D eigenvalue weighted by Gasteiger charge is 2.10. The zero-order valence-electron chi connectivity index (χ0n) is 8.67. The molecule has 0 aliphatic carbocycles. The van der Waals surface area contributed by atoms with Gasteiger partial charge in [0.15, 0.2) is 5.75 Å². The molecule has 0 radical (unpaired) electrons. The molecule has 1 heterocycles. The normalized spacial score (nSPS) is 11.0. The summed E-state index contributed by atoms with van der Waals surface area (Å²) in [5, 5.41) is 14.4. The lowest BCUT2D eigenvalue weighted by molar-refractivity contribution is 0.480. The molecule has 0 spiro atoms. The van der Waals surface area contributed by atoms with E-state index in [1.165, 1.54) is 6.07 Å². The van der Waals surface area contributed by atoms with Crippen LogP contribution in [0.3, 0.4) is 0 Å². The highest BCUT2D eigenvalue weighted by atomic mass is 127. The third kappa shape index (κ3) is 2.76. The number of aromatic nitrogens is 1. The minimum absolute atomic E-state index is 0.0256. The van der Waals surface area contributed by atoms with Gasteiger partial charge in [0.05, 0.1) is 15.7 Å². The van der Waals surface area contributed by atoms with E-state index in [1.54, 1.807) is 0 Å². The summed E-state index contributed by atoms with van der Waals surface area (Å²) >= 11 is 14.1. The van der Waals surface area contributed by atoms with Crippen molar-refractivity contribution in [2.24, 2.45) is 0 Å². The van der Waals surface area contributed by atoms with Gasteiger partial charge in [-0.25, -0.2) is 4.98 Å². The van der Waals surface area contributed by atoms with E-state index in [2.05, 4.69) is 32.9 Å². The Morgan fingerprint density at radius 2 is 2.06 bits per heavy atom. The first-order valence-electron chi connectivity index (χ1n) is 4.86. The summed E-state index contributed by atoms with van der Waals surface area (Å²) in [5.41, 5.74) is 1.28. The Kier molecular flexibility index (Phi) is 4.30. The molecule has 1 aromatic heterocycles.